The summed E-state index contributed by atoms with van der Waals surface area (Å²) in [6, 6.07) is 6.73. The Labute approximate surface area is 138 Å². The summed E-state index contributed by atoms with van der Waals surface area (Å²) in [5.41, 5.74) is 2.81. The fraction of sp³-hybridized carbons (Fsp3) is 0.684. The van der Waals surface area contributed by atoms with E-state index in [0.29, 0.717) is 4.83 Å². The van der Waals surface area contributed by atoms with Crippen molar-refractivity contribution in [1.29, 1.82) is 0 Å². The Morgan fingerprint density at radius 2 is 1.86 bits per heavy atom. The van der Waals surface area contributed by atoms with Crippen LogP contribution >= 0.6 is 15.9 Å². The second-order valence-electron chi connectivity index (χ2n) is 6.20. The average Bonchev–Trinajstić information content (AvgIpc) is 2.53. The number of benzene rings is 1. The van der Waals surface area contributed by atoms with Gasteiger partial charge in [0.2, 0.25) is 0 Å². The van der Waals surface area contributed by atoms with Crippen LogP contribution in [0.4, 0.5) is 0 Å². The highest BCUT2D eigenvalue weighted by Crippen LogP contribution is 2.33. The maximum Gasteiger partial charge on any atom is 0.122 e. The summed E-state index contributed by atoms with van der Waals surface area (Å²) in [6.45, 7) is 3.15. The summed E-state index contributed by atoms with van der Waals surface area (Å²) in [7, 11) is 0. The topological polar surface area (TPSA) is 9.23 Å². The van der Waals surface area contributed by atoms with Crippen molar-refractivity contribution >= 4 is 15.9 Å². The summed E-state index contributed by atoms with van der Waals surface area (Å²) in [5.74, 6) is 1.10. The zero-order valence-electron chi connectivity index (χ0n) is 13.4. The third kappa shape index (κ3) is 5.65. The van der Waals surface area contributed by atoms with E-state index in [4.69, 9.17) is 4.74 Å². The molecule has 21 heavy (non-hydrogen) atoms. The van der Waals surface area contributed by atoms with Crippen molar-refractivity contribution in [2.45, 2.75) is 76.0 Å². The first-order chi connectivity index (χ1) is 10.3. The molecule has 0 radical (unpaired) electrons. The highest BCUT2D eigenvalue weighted by molar-refractivity contribution is 9.09. The minimum absolute atomic E-state index is 0.500. The Kier molecular flexibility index (Phi) is 7.63. The summed E-state index contributed by atoms with van der Waals surface area (Å²) >= 11 is 3.87. The van der Waals surface area contributed by atoms with E-state index in [9.17, 15) is 0 Å². The Balaban J connectivity index is 1.69. The van der Waals surface area contributed by atoms with Crippen LogP contribution in [-0.4, -0.2) is 6.61 Å². The van der Waals surface area contributed by atoms with Gasteiger partial charge in [-0.3, -0.25) is 0 Å². The van der Waals surface area contributed by atoms with E-state index in [2.05, 4.69) is 41.1 Å². The molecule has 2 heteroatoms. The van der Waals surface area contributed by atoms with E-state index in [1.54, 1.807) is 0 Å². The van der Waals surface area contributed by atoms with Gasteiger partial charge < -0.3 is 4.74 Å². The molecule has 0 fully saturated rings. The summed E-state index contributed by atoms with van der Waals surface area (Å²) in [6.07, 6.45) is 13.2. The summed E-state index contributed by atoms with van der Waals surface area (Å²) in [5, 5.41) is 0. The molecule has 0 N–H and O–H groups in total. The molecule has 0 saturated heterocycles. The zero-order chi connectivity index (χ0) is 14.9. The minimum Gasteiger partial charge on any atom is -0.493 e. The van der Waals surface area contributed by atoms with Gasteiger partial charge in [0, 0.05) is 4.83 Å². The van der Waals surface area contributed by atoms with Crippen molar-refractivity contribution < 1.29 is 4.74 Å². The lowest BCUT2D eigenvalue weighted by molar-refractivity contribution is 0.288. The second-order valence-corrected chi connectivity index (χ2v) is 7.30. The molecule has 1 aromatic rings. The summed E-state index contributed by atoms with van der Waals surface area (Å²) < 4.78 is 5.69. The maximum absolute atomic E-state index is 5.69. The Bertz CT molecular complexity index is 416. The molecule has 0 aromatic heterocycles. The molecule has 1 nitrogen and oxygen atoms in total. The van der Waals surface area contributed by atoms with Crippen LogP contribution in [0.5, 0.6) is 5.75 Å². The third-order valence-corrected chi connectivity index (χ3v) is 5.34. The molecule has 0 bridgehead atoms. The van der Waals surface area contributed by atoms with Gasteiger partial charge in [-0.05, 0) is 36.5 Å². The maximum atomic E-state index is 5.69. The first-order valence-electron chi connectivity index (χ1n) is 8.71. The van der Waals surface area contributed by atoms with Gasteiger partial charge in [0.05, 0.1) is 6.61 Å². The number of hydrogen-bond donors (Lipinski definition) is 0. The number of ether oxygens (including phenoxy) is 1. The van der Waals surface area contributed by atoms with Crippen LogP contribution in [0.3, 0.4) is 0 Å². The second kappa shape index (κ2) is 9.50. The molecule has 1 heterocycles. The van der Waals surface area contributed by atoms with Gasteiger partial charge in [-0.2, -0.15) is 0 Å². The normalized spacial score (nSPS) is 15.3. The van der Waals surface area contributed by atoms with Crippen LogP contribution in [-0.2, 0) is 6.42 Å². The van der Waals surface area contributed by atoms with Gasteiger partial charge in [-0.25, -0.2) is 0 Å². The SMILES string of the molecule is CCCCCCCCCC(Br)c1ccc2c(c1)CCCO2. The van der Waals surface area contributed by atoms with E-state index in [1.807, 2.05) is 0 Å². The van der Waals surface area contributed by atoms with Crippen molar-refractivity contribution in [3.05, 3.63) is 29.3 Å². The number of aryl methyl sites for hydroxylation is 1. The van der Waals surface area contributed by atoms with Crippen molar-refractivity contribution in [2.75, 3.05) is 6.61 Å². The minimum atomic E-state index is 0.500. The molecule has 118 valence electrons. The number of hydrogen-bond acceptors (Lipinski definition) is 1. The van der Waals surface area contributed by atoms with Crippen LogP contribution in [0, 0.1) is 0 Å². The number of rotatable bonds is 9. The molecule has 1 atom stereocenters. The molecule has 1 aliphatic heterocycles. The van der Waals surface area contributed by atoms with Crippen LogP contribution in [0.25, 0.3) is 0 Å². The van der Waals surface area contributed by atoms with Crippen LogP contribution in [0.15, 0.2) is 18.2 Å². The van der Waals surface area contributed by atoms with Crippen molar-refractivity contribution in [2.24, 2.45) is 0 Å². The fourth-order valence-electron chi connectivity index (χ4n) is 3.02. The molecule has 0 amide bonds. The highest BCUT2D eigenvalue weighted by Gasteiger charge is 2.14. The molecular formula is C19H29BrO. The monoisotopic (exact) mass is 352 g/mol. The highest BCUT2D eigenvalue weighted by atomic mass is 79.9. The molecule has 0 aliphatic carbocycles. The third-order valence-electron chi connectivity index (χ3n) is 4.36. The number of alkyl halides is 1. The van der Waals surface area contributed by atoms with Crippen molar-refractivity contribution in [3.63, 3.8) is 0 Å². The smallest absolute Gasteiger partial charge is 0.122 e. The van der Waals surface area contributed by atoms with E-state index < -0.39 is 0 Å². The van der Waals surface area contributed by atoms with Gasteiger partial charge in [-0.1, -0.05) is 79.9 Å². The quantitative estimate of drug-likeness (QED) is 0.359. The van der Waals surface area contributed by atoms with E-state index in [-0.39, 0.29) is 0 Å². The molecular weight excluding hydrogens is 324 g/mol. The number of unbranched alkanes of at least 4 members (excludes halogenated alkanes) is 6. The van der Waals surface area contributed by atoms with Gasteiger partial charge in [0.25, 0.3) is 0 Å². The summed E-state index contributed by atoms with van der Waals surface area (Å²) in [4.78, 5) is 0.500. The molecule has 1 aliphatic rings. The van der Waals surface area contributed by atoms with E-state index in [0.717, 1.165) is 18.8 Å². The predicted molar refractivity (Wildman–Crippen MR) is 94.5 cm³/mol. The van der Waals surface area contributed by atoms with Crippen molar-refractivity contribution in [3.8, 4) is 5.75 Å². The Morgan fingerprint density at radius 1 is 1.10 bits per heavy atom. The Hall–Kier alpha value is -0.500. The lowest BCUT2D eigenvalue weighted by atomic mass is 9.99. The first kappa shape index (κ1) is 16.9. The molecule has 1 aromatic carbocycles. The molecule has 2 rings (SSSR count). The van der Waals surface area contributed by atoms with Crippen LogP contribution in [0.1, 0.15) is 80.7 Å². The van der Waals surface area contributed by atoms with Gasteiger partial charge in [0.1, 0.15) is 5.75 Å². The molecule has 1 unspecified atom stereocenters. The zero-order valence-corrected chi connectivity index (χ0v) is 15.0. The van der Waals surface area contributed by atoms with Gasteiger partial charge in [0.15, 0.2) is 0 Å². The molecule has 0 saturated carbocycles. The first-order valence-corrected chi connectivity index (χ1v) is 9.62. The van der Waals surface area contributed by atoms with Crippen molar-refractivity contribution in [1.82, 2.24) is 0 Å². The van der Waals surface area contributed by atoms with E-state index in [1.165, 1.54) is 68.9 Å². The van der Waals surface area contributed by atoms with Gasteiger partial charge in [-0.15, -0.1) is 0 Å². The largest absolute Gasteiger partial charge is 0.493 e. The lowest BCUT2D eigenvalue weighted by Crippen LogP contribution is -2.08. The van der Waals surface area contributed by atoms with E-state index >= 15 is 0 Å². The average molecular weight is 353 g/mol. The van der Waals surface area contributed by atoms with Crippen LogP contribution < -0.4 is 4.74 Å². The number of fused-ring (bicyclic) bond motifs is 1. The lowest BCUT2D eigenvalue weighted by Gasteiger charge is -2.19. The number of halogens is 1. The van der Waals surface area contributed by atoms with Gasteiger partial charge >= 0.3 is 0 Å². The molecule has 0 spiro atoms. The fourth-order valence-corrected chi connectivity index (χ4v) is 3.63. The standard InChI is InChI=1S/C19H29BrO/c1-2-3-4-5-6-7-8-11-18(20)16-12-13-19-17(15-16)10-9-14-21-19/h12-13,15,18H,2-11,14H2,1H3. The predicted octanol–water partition coefficient (Wildman–Crippen LogP) is 6.59. The van der Waals surface area contributed by atoms with Crippen LogP contribution in [0.2, 0.25) is 0 Å². The Morgan fingerprint density at radius 3 is 2.67 bits per heavy atom.